The second kappa shape index (κ2) is 10.7. The highest BCUT2D eigenvalue weighted by molar-refractivity contribution is 7.85. The molecule has 1 aliphatic rings. The Balaban J connectivity index is 1.61. The zero-order chi connectivity index (χ0) is 25.9. The largest absolute Gasteiger partial charge is 0.435 e. The van der Waals surface area contributed by atoms with Crippen molar-refractivity contribution in [3.63, 3.8) is 0 Å². The van der Waals surface area contributed by atoms with Crippen LogP contribution in [0, 0.1) is 17.5 Å². The third kappa shape index (κ3) is 6.07. The number of aromatic nitrogens is 3. The molecule has 3 aromatic rings. The van der Waals surface area contributed by atoms with Gasteiger partial charge in [0.25, 0.3) is 10.1 Å². The van der Waals surface area contributed by atoms with E-state index in [-0.39, 0.29) is 23.6 Å². The van der Waals surface area contributed by atoms with E-state index in [1.54, 1.807) is 25.3 Å². The predicted octanol–water partition coefficient (Wildman–Crippen LogP) is 2.92. The first-order chi connectivity index (χ1) is 17.1. The molecule has 0 bridgehead atoms. The van der Waals surface area contributed by atoms with Crippen molar-refractivity contribution in [1.29, 1.82) is 0 Å². The molecule has 4 rings (SSSR count). The summed E-state index contributed by atoms with van der Waals surface area (Å²) in [5, 5.41) is 6.47. The number of ether oxygens (including phenoxy) is 2. The van der Waals surface area contributed by atoms with Crippen LogP contribution in [0.4, 0.5) is 19.1 Å². The molecule has 1 fully saturated rings. The lowest BCUT2D eigenvalue weighted by Crippen LogP contribution is -2.46. The van der Waals surface area contributed by atoms with Gasteiger partial charge in [0.2, 0.25) is 17.6 Å². The van der Waals surface area contributed by atoms with Crippen molar-refractivity contribution in [3.8, 4) is 22.9 Å². The fraction of sp³-hybridized carbons (Fsp3) is 0.318. The van der Waals surface area contributed by atoms with Crippen LogP contribution < -0.4 is 15.4 Å². The van der Waals surface area contributed by atoms with Crippen molar-refractivity contribution < 1.29 is 35.6 Å². The third-order valence-corrected chi connectivity index (χ3v) is 6.09. The number of hydrogen-bond donors (Lipinski definition) is 3. The van der Waals surface area contributed by atoms with Crippen LogP contribution in [0.15, 0.2) is 36.7 Å². The molecule has 10 nitrogen and oxygen atoms in total. The Kier molecular flexibility index (Phi) is 7.68. The molecule has 1 aromatic carbocycles. The lowest BCUT2D eigenvalue weighted by atomic mass is 10.1. The molecule has 0 radical (unpaired) electrons. The predicted molar refractivity (Wildman–Crippen MR) is 123 cm³/mol. The Hall–Kier alpha value is -3.33. The van der Waals surface area contributed by atoms with Crippen LogP contribution in [0.5, 0.6) is 11.6 Å². The molecule has 0 amide bonds. The highest BCUT2D eigenvalue weighted by Gasteiger charge is 2.25. The van der Waals surface area contributed by atoms with E-state index in [1.165, 1.54) is 12.4 Å². The van der Waals surface area contributed by atoms with Gasteiger partial charge in [-0.1, -0.05) is 0 Å². The zero-order valence-electron chi connectivity index (χ0n) is 18.9. The van der Waals surface area contributed by atoms with Gasteiger partial charge in [-0.2, -0.15) is 12.8 Å². The topological polar surface area (TPSA) is 136 Å². The van der Waals surface area contributed by atoms with Crippen molar-refractivity contribution in [1.82, 2.24) is 20.3 Å². The Labute approximate surface area is 204 Å². The number of hydrogen-bond acceptors (Lipinski definition) is 9. The highest BCUT2D eigenvalue weighted by Crippen LogP contribution is 2.34. The van der Waals surface area contributed by atoms with Gasteiger partial charge in [0.15, 0.2) is 11.6 Å². The molecule has 0 spiro atoms. The third-order valence-electron chi connectivity index (χ3n) is 5.43. The van der Waals surface area contributed by atoms with Crippen molar-refractivity contribution in [3.05, 3.63) is 59.7 Å². The molecule has 0 aliphatic carbocycles. The molecule has 3 heterocycles. The Morgan fingerprint density at radius 1 is 1.17 bits per heavy atom. The fourth-order valence-corrected chi connectivity index (χ4v) is 4.35. The van der Waals surface area contributed by atoms with Gasteiger partial charge in [-0.3, -0.25) is 4.55 Å². The highest BCUT2D eigenvalue weighted by atomic mass is 32.2. The Bertz CT molecular complexity index is 1360. The van der Waals surface area contributed by atoms with E-state index in [1.807, 2.05) is 0 Å². The number of methoxy groups -OCH3 is 1. The summed E-state index contributed by atoms with van der Waals surface area (Å²) in [5.74, 6) is -7.06. The minimum absolute atomic E-state index is 0.00450. The van der Waals surface area contributed by atoms with E-state index in [0.717, 1.165) is 13.0 Å². The van der Waals surface area contributed by atoms with E-state index >= 15 is 0 Å². The number of piperidine rings is 1. The average molecular weight is 526 g/mol. The monoisotopic (exact) mass is 525 g/mol. The van der Waals surface area contributed by atoms with Gasteiger partial charge in [0, 0.05) is 50.3 Å². The molecule has 2 unspecified atom stereocenters. The summed E-state index contributed by atoms with van der Waals surface area (Å²) in [6.45, 7) is 1.42. The quantitative estimate of drug-likeness (QED) is 0.298. The van der Waals surface area contributed by atoms with Gasteiger partial charge < -0.3 is 20.1 Å². The lowest BCUT2D eigenvalue weighted by Gasteiger charge is -2.29. The SMILES string of the molecule is COC1CNCC(Nc2nccc(-c3cccnc3Oc3cc(F)c(CS(=O)(=O)O)c(F)c3F)n2)C1. The van der Waals surface area contributed by atoms with Gasteiger partial charge in [-0.25, -0.2) is 23.7 Å². The second-order valence-corrected chi connectivity index (χ2v) is 9.46. The summed E-state index contributed by atoms with van der Waals surface area (Å²) in [5.41, 5.74) is -0.531. The summed E-state index contributed by atoms with van der Waals surface area (Å²) in [6.07, 6.45) is 3.60. The summed E-state index contributed by atoms with van der Waals surface area (Å²) in [4.78, 5) is 12.7. The molecule has 3 N–H and O–H groups in total. The molecule has 1 saturated heterocycles. The summed E-state index contributed by atoms with van der Waals surface area (Å²) >= 11 is 0. The Morgan fingerprint density at radius 2 is 1.97 bits per heavy atom. The molecule has 36 heavy (non-hydrogen) atoms. The average Bonchev–Trinajstić information content (AvgIpc) is 2.85. The minimum atomic E-state index is -4.80. The molecule has 2 atom stereocenters. The van der Waals surface area contributed by atoms with Gasteiger partial charge in [-0.05, 0) is 24.6 Å². The molecule has 1 aliphatic heterocycles. The Morgan fingerprint density at radius 3 is 2.72 bits per heavy atom. The van der Waals surface area contributed by atoms with Crippen LogP contribution in [-0.2, 0) is 20.6 Å². The maximum atomic E-state index is 14.6. The van der Waals surface area contributed by atoms with Crippen molar-refractivity contribution in [2.45, 2.75) is 24.3 Å². The van der Waals surface area contributed by atoms with Crippen LogP contribution in [0.3, 0.4) is 0 Å². The van der Waals surface area contributed by atoms with Gasteiger partial charge >= 0.3 is 0 Å². The number of anilines is 1. The first-order valence-electron chi connectivity index (χ1n) is 10.7. The summed E-state index contributed by atoms with van der Waals surface area (Å²) in [7, 11) is -3.17. The summed E-state index contributed by atoms with van der Waals surface area (Å²) in [6, 6.07) is 5.17. The van der Waals surface area contributed by atoms with Crippen LogP contribution >= 0.6 is 0 Å². The van der Waals surface area contributed by atoms with E-state index in [2.05, 4.69) is 25.6 Å². The molecular weight excluding hydrogens is 503 g/mol. The molecular formula is C22H22F3N5O5S. The number of nitrogens with zero attached hydrogens (tertiary/aromatic N) is 3. The number of pyridine rings is 1. The van der Waals surface area contributed by atoms with Crippen molar-refractivity contribution in [2.24, 2.45) is 0 Å². The van der Waals surface area contributed by atoms with Gasteiger partial charge in [-0.15, -0.1) is 0 Å². The first kappa shape index (κ1) is 25.8. The van der Waals surface area contributed by atoms with Gasteiger partial charge in [0.05, 0.1) is 17.4 Å². The zero-order valence-corrected chi connectivity index (χ0v) is 19.7. The maximum absolute atomic E-state index is 14.6. The smallest absolute Gasteiger partial charge is 0.269 e. The number of benzene rings is 1. The maximum Gasteiger partial charge on any atom is 0.269 e. The van der Waals surface area contributed by atoms with Crippen LogP contribution in [0.1, 0.15) is 12.0 Å². The van der Waals surface area contributed by atoms with Crippen molar-refractivity contribution in [2.75, 3.05) is 25.5 Å². The van der Waals surface area contributed by atoms with Crippen LogP contribution in [-0.4, -0.2) is 60.3 Å². The fourth-order valence-electron chi connectivity index (χ4n) is 3.72. The minimum Gasteiger partial charge on any atom is -0.435 e. The molecule has 192 valence electrons. The van der Waals surface area contributed by atoms with E-state index < -0.39 is 44.6 Å². The van der Waals surface area contributed by atoms with E-state index in [4.69, 9.17) is 14.0 Å². The molecule has 14 heteroatoms. The van der Waals surface area contributed by atoms with E-state index in [9.17, 15) is 21.6 Å². The standard InChI is InChI=1S/C22H22F3N5O5S/c1-34-13-7-12(9-26-10-13)29-22-28-6-4-17(30-22)14-3-2-5-27-21(14)35-18-8-16(23)15(11-36(31,32)33)19(24)20(18)25/h2-6,8,12-13,26H,7,9-11H2,1H3,(H,28,29,30)(H,31,32,33). The van der Waals surface area contributed by atoms with E-state index in [0.29, 0.717) is 24.3 Å². The van der Waals surface area contributed by atoms with Crippen molar-refractivity contribution >= 4 is 16.1 Å². The number of halogens is 3. The van der Waals surface area contributed by atoms with Crippen LogP contribution in [0.25, 0.3) is 11.3 Å². The number of rotatable bonds is 8. The lowest BCUT2D eigenvalue weighted by molar-refractivity contribution is 0.0770. The normalized spacial score (nSPS) is 18.1. The second-order valence-electron chi connectivity index (χ2n) is 8.01. The molecule has 2 aromatic heterocycles. The van der Waals surface area contributed by atoms with Crippen LogP contribution in [0.2, 0.25) is 0 Å². The first-order valence-corrected chi connectivity index (χ1v) is 12.3. The summed E-state index contributed by atoms with van der Waals surface area (Å²) < 4.78 is 85.0. The number of nitrogens with one attached hydrogen (secondary N) is 2. The molecule has 0 saturated carbocycles. The van der Waals surface area contributed by atoms with Gasteiger partial charge in [0.1, 0.15) is 11.6 Å².